The van der Waals surface area contributed by atoms with Crippen LogP contribution in [0.25, 0.3) is 0 Å². The number of hydrogen-bond acceptors (Lipinski definition) is 6. The molecule has 0 radical (unpaired) electrons. The molecular formula is C17H21N3O4S. The number of nitrogens with one attached hydrogen (secondary N) is 1. The van der Waals surface area contributed by atoms with Gasteiger partial charge >= 0.3 is 5.97 Å². The number of ether oxygens (including phenoxy) is 1. The minimum absolute atomic E-state index is 0.285. The third-order valence-corrected chi connectivity index (χ3v) is 6.18. The average molecular weight is 363 g/mol. The number of nitrogens with two attached hydrogens (primary N) is 1. The summed E-state index contributed by atoms with van der Waals surface area (Å²) in [5.74, 6) is -1.14. The number of amides is 2. The van der Waals surface area contributed by atoms with Gasteiger partial charge in [0.1, 0.15) is 23.5 Å². The molecule has 25 heavy (non-hydrogen) atoms. The van der Waals surface area contributed by atoms with Gasteiger partial charge in [-0.2, -0.15) is 0 Å². The zero-order valence-corrected chi connectivity index (χ0v) is 15.1. The molecule has 2 aliphatic heterocycles. The van der Waals surface area contributed by atoms with Crippen molar-refractivity contribution < 1.29 is 19.1 Å². The van der Waals surface area contributed by atoms with E-state index in [1.165, 1.54) is 23.8 Å². The Kier molecular flexibility index (Phi) is 4.51. The molecule has 0 saturated carbocycles. The van der Waals surface area contributed by atoms with Crippen molar-refractivity contribution in [2.75, 3.05) is 7.11 Å². The van der Waals surface area contributed by atoms with E-state index in [2.05, 4.69) is 5.32 Å². The van der Waals surface area contributed by atoms with Gasteiger partial charge in [-0.15, -0.1) is 11.8 Å². The molecule has 2 fully saturated rings. The van der Waals surface area contributed by atoms with Crippen LogP contribution >= 0.6 is 11.8 Å². The molecule has 0 spiro atoms. The van der Waals surface area contributed by atoms with Crippen LogP contribution in [0, 0.1) is 0 Å². The first-order valence-electron chi connectivity index (χ1n) is 7.96. The number of carbonyl (C=O) groups excluding carboxylic acids is 3. The van der Waals surface area contributed by atoms with Gasteiger partial charge in [0.05, 0.1) is 7.11 Å². The fraction of sp³-hybridized carbons (Fsp3) is 0.471. The topological polar surface area (TPSA) is 102 Å². The summed E-state index contributed by atoms with van der Waals surface area (Å²) in [6.07, 6.45) is 0. The van der Waals surface area contributed by atoms with E-state index in [0.29, 0.717) is 5.56 Å². The number of fused-ring (bicyclic) bond motifs is 1. The van der Waals surface area contributed by atoms with Gasteiger partial charge in [-0.05, 0) is 19.4 Å². The quantitative estimate of drug-likeness (QED) is 0.593. The Morgan fingerprint density at radius 2 is 1.96 bits per heavy atom. The molecule has 2 heterocycles. The number of β-lactam (4-membered cyclic amide) rings is 1. The van der Waals surface area contributed by atoms with Crippen LogP contribution in [0.15, 0.2) is 30.3 Å². The van der Waals surface area contributed by atoms with E-state index in [1.54, 1.807) is 24.3 Å². The van der Waals surface area contributed by atoms with E-state index in [-0.39, 0.29) is 11.3 Å². The molecule has 2 aliphatic rings. The third kappa shape index (κ3) is 2.89. The van der Waals surface area contributed by atoms with Crippen LogP contribution in [0.1, 0.15) is 25.5 Å². The maximum atomic E-state index is 12.5. The minimum Gasteiger partial charge on any atom is -0.467 e. The molecule has 7 nitrogen and oxygen atoms in total. The number of nitrogens with zero attached hydrogens (tertiary/aromatic N) is 1. The molecule has 1 aromatic rings. The highest BCUT2D eigenvalue weighted by atomic mass is 32.2. The summed E-state index contributed by atoms with van der Waals surface area (Å²) in [7, 11) is 1.30. The second kappa shape index (κ2) is 6.34. The number of hydrogen-bond donors (Lipinski definition) is 2. The van der Waals surface area contributed by atoms with Gasteiger partial charge in [0.2, 0.25) is 11.8 Å². The summed E-state index contributed by atoms with van der Waals surface area (Å²) >= 11 is 1.48. The van der Waals surface area contributed by atoms with Gasteiger partial charge in [0.15, 0.2) is 0 Å². The summed E-state index contributed by atoms with van der Waals surface area (Å²) in [5.41, 5.74) is 6.66. The molecule has 0 aliphatic carbocycles. The number of carbonyl (C=O) groups is 3. The lowest BCUT2D eigenvalue weighted by molar-refractivity contribution is -0.162. The maximum absolute atomic E-state index is 12.5. The first-order valence-corrected chi connectivity index (χ1v) is 8.84. The van der Waals surface area contributed by atoms with Crippen LogP contribution in [0.2, 0.25) is 0 Å². The van der Waals surface area contributed by atoms with Crippen LogP contribution in [0.3, 0.4) is 0 Å². The fourth-order valence-electron chi connectivity index (χ4n) is 3.29. The smallest absolute Gasteiger partial charge is 0.330 e. The fourth-order valence-corrected chi connectivity index (χ4v) is 4.91. The van der Waals surface area contributed by atoms with Crippen molar-refractivity contribution in [2.45, 2.75) is 42.1 Å². The van der Waals surface area contributed by atoms with E-state index < -0.39 is 34.7 Å². The number of rotatable bonds is 4. The zero-order chi connectivity index (χ0) is 18.4. The second-order valence-electron chi connectivity index (χ2n) is 6.66. The van der Waals surface area contributed by atoms with Gasteiger partial charge in [-0.25, -0.2) is 4.79 Å². The Labute approximate surface area is 150 Å². The zero-order valence-electron chi connectivity index (χ0n) is 14.3. The molecule has 134 valence electrons. The summed E-state index contributed by atoms with van der Waals surface area (Å²) in [4.78, 5) is 38.5. The Hall–Kier alpha value is -2.06. The SMILES string of the molecule is COC(=O)[C@H]1N2C(=O)[C@H](NC(=O)[C@H](N)c3ccccc3)[C@@H]2SC1(C)C. The molecule has 8 heteroatoms. The monoisotopic (exact) mass is 363 g/mol. The third-order valence-electron chi connectivity index (χ3n) is 4.60. The van der Waals surface area contributed by atoms with E-state index in [0.717, 1.165) is 0 Å². The van der Waals surface area contributed by atoms with E-state index in [4.69, 9.17) is 10.5 Å². The number of esters is 1. The molecule has 3 rings (SSSR count). The molecule has 4 atom stereocenters. The van der Waals surface area contributed by atoms with E-state index in [9.17, 15) is 14.4 Å². The molecule has 0 aromatic heterocycles. The first kappa shape index (κ1) is 17.8. The lowest BCUT2D eigenvalue weighted by Crippen LogP contribution is -2.71. The first-order chi connectivity index (χ1) is 11.8. The van der Waals surface area contributed by atoms with Crippen LogP contribution < -0.4 is 11.1 Å². The van der Waals surface area contributed by atoms with E-state index >= 15 is 0 Å². The average Bonchev–Trinajstić information content (AvgIpc) is 2.86. The van der Waals surface area contributed by atoms with Crippen LogP contribution in [0.5, 0.6) is 0 Å². The normalized spacial score (nSPS) is 27.9. The van der Waals surface area contributed by atoms with Crippen molar-refractivity contribution >= 4 is 29.5 Å². The highest BCUT2D eigenvalue weighted by Gasteiger charge is 2.64. The predicted octanol–water partition coefficient (Wildman–Crippen LogP) is 0.407. The Bertz CT molecular complexity index is 709. The van der Waals surface area contributed by atoms with Gasteiger partial charge in [0.25, 0.3) is 0 Å². The number of thioether (sulfide) groups is 1. The van der Waals surface area contributed by atoms with Crippen LogP contribution in [-0.4, -0.2) is 52.0 Å². The number of methoxy groups -OCH3 is 1. The molecule has 0 bridgehead atoms. The standard InChI is InChI=1S/C17H21N3O4S/c1-17(2)12(16(23)24-3)20-14(22)11(15(20)25-17)19-13(21)10(18)9-7-5-4-6-8-9/h4-8,10-12,15H,18H2,1-3H3,(H,19,21)/t10-,11+,12-,15+/m1/s1. The summed E-state index contributed by atoms with van der Waals surface area (Å²) < 4.78 is 4.34. The summed E-state index contributed by atoms with van der Waals surface area (Å²) in [6, 6.07) is 6.78. The highest BCUT2D eigenvalue weighted by molar-refractivity contribution is 8.01. The Morgan fingerprint density at radius 1 is 1.32 bits per heavy atom. The lowest BCUT2D eigenvalue weighted by atomic mass is 9.95. The van der Waals surface area contributed by atoms with Crippen LogP contribution in [0.4, 0.5) is 0 Å². The summed E-state index contributed by atoms with van der Waals surface area (Å²) in [6.45, 7) is 3.78. The highest BCUT2D eigenvalue weighted by Crippen LogP contribution is 2.51. The Balaban J connectivity index is 1.71. The van der Waals surface area contributed by atoms with E-state index in [1.807, 2.05) is 19.9 Å². The van der Waals surface area contributed by atoms with Gasteiger partial charge in [0, 0.05) is 4.75 Å². The van der Waals surface area contributed by atoms with Crippen LogP contribution in [-0.2, 0) is 19.1 Å². The molecular weight excluding hydrogens is 342 g/mol. The molecule has 3 N–H and O–H groups in total. The van der Waals surface area contributed by atoms with Crippen molar-refractivity contribution in [2.24, 2.45) is 5.73 Å². The maximum Gasteiger partial charge on any atom is 0.330 e. The van der Waals surface area contributed by atoms with Gasteiger partial charge < -0.3 is 20.7 Å². The Morgan fingerprint density at radius 3 is 2.56 bits per heavy atom. The van der Waals surface area contributed by atoms with Crippen molar-refractivity contribution in [1.82, 2.24) is 10.2 Å². The largest absolute Gasteiger partial charge is 0.467 e. The van der Waals surface area contributed by atoms with Crippen molar-refractivity contribution in [1.29, 1.82) is 0 Å². The van der Waals surface area contributed by atoms with Crippen molar-refractivity contribution in [3.63, 3.8) is 0 Å². The molecule has 2 amide bonds. The predicted molar refractivity (Wildman–Crippen MR) is 93.4 cm³/mol. The molecule has 2 saturated heterocycles. The van der Waals surface area contributed by atoms with Crippen molar-refractivity contribution in [3.05, 3.63) is 35.9 Å². The second-order valence-corrected chi connectivity index (χ2v) is 8.43. The van der Waals surface area contributed by atoms with Gasteiger partial charge in [-0.1, -0.05) is 30.3 Å². The molecule has 0 unspecified atom stereocenters. The van der Waals surface area contributed by atoms with Gasteiger partial charge in [-0.3, -0.25) is 9.59 Å². The summed E-state index contributed by atoms with van der Waals surface area (Å²) in [5, 5.41) is 2.43. The molecule has 1 aromatic carbocycles. The van der Waals surface area contributed by atoms with Crippen molar-refractivity contribution in [3.8, 4) is 0 Å². The number of benzene rings is 1. The lowest BCUT2D eigenvalue weighted by Gasteiger charge is -2.44. The minimum atomic E-state index is -0.848.